The number of hydrogen-bond donors (Lipinski definition) is 1. The van der Waals surface area contributed by atoms with E-state index in [4.69, 9.17) is 4.74 Å². The largest absolute Gasteiger partial charge is 0.383 e. The van der Waals surface area contributed by atoms with Gasteiger partial charge in [0.05, 0.1) is 6.61 Å². The second-order valence-corrected chi connectivity index (χ2v) is 5.66. The lowest BCUT2D eigenvalue weighted by atomic mass is 9.84. The van der Waals surface area contributed by atoms with Crippen molar-refractivity contribution in [2.75, 3.05) is 13.2 Å². The number of ether oxygens (including phenoxy) is 1. The van der Waals surface area contributed by atoms with Gasteiger partial charge in [-0.05, 0) is 16.5 Å². The van der Waals surface area contributed by atoms with Crippen molar-refractivity contribution < 1.29 is 9.84 Å². The van der Waals surface area contributed by atoms with Crippen LogP contribution in [-0.4, -0.2) is 18.3 Å². The summed E-state index contributed by atoms with van der Waals surface area (Å²) < 4.78 is 5.26. The molecule has 1 unspecified atom stereocenters. The summed E-state index contributed by atoms with van der Waals surface area (Å²) in [6, 6.07) is 8.25. The first-order valence-electron chi connectivity index (χ1n) is 5.83. The molecular weight excluding hydrogens is 200 g/mol. The molecule has 0 spiro atoms. The quantitative estimate of drug-likeness (QED) is 0.788. The molecule has 0 bridgehead atoms. The van der Waals surface area contributed by atoms with E-state index in [0.717, 1.165) is 5.56 Å². The predicted molar refractivity (Wildman–Crippen MR) is 64.5 cm³/mol. The Balaban J connectivity index is 2.26. The van der Waals surface area contributed by atoms with Gasteiger partial charge in [0.25, 0.3) is 0 Å². The summed E-state index contributed by atoms with van der Waals surface area (Å²) in [5, 5.41) is 10.3. The Hall–Kier alpha value is -0.860. The molecule has 0 amide bonds. The predicted octanol–water partition coefficient (Wildman–Crippen LogP) is 2.59. The fraction of sp³-hybridized carbons (Fsp3) is 0.571. The topological polar surface area (TPSA) is 29.5 Å². The third-order valence-electron chi connectivity index (χ3n) is 3.29. The Kier molecular flexibility index (Phi) is 2.81. The summed E-state index contributed by atoms with van der Waals surface area (Å²) in [5.74, 6) is 0. The zero-order chi connectivity index (χ0) is 11.8. The zero-order valence-electron chi connectivity index (χ0n) is 10.3. The van der Waals surface area contributed by atoms with E-state index >= 15 is 0 Å². The van der Waals surface area contributed by atoms with Gasteiger partial charge < -0.3 is 9.84 Å². The van der Waals surface area contributed by atoms with E-state index in [1.54, 1.807) is 0 Å². The Morgan fingerprint density at radius 1 is 1.19 bits per heavy atom. The highest BCUT2D eigenvalue weighted by atomic mass is 16.5. The Bertz CT molecular complexity index is 353. The van der Waals surface area contributed by atoms with E-state index in [0.29, 0.717) is 19.6 Å². The summed E-state index contributed by atoms with van der Waals surface area (Å²) in [5.41, 5.74) is 1.65. The monoisotopic (exact) mass is 220 g/mol. The molecule has 1 aliphatic rings. The second-order valence-electron chi connectivity index (χ2n) is 5.66. The van der Waals surface area contributed by atoms with Crippen LogP contribution in [0.1, 0.15) is 38.3 Å². The van der Waals surface area contributed by atoms with Crippen LogP contribution in [0.5, 0.6) is 0 Å². The first kappa shape index (κ1) is 11.6. The molecule has 2 rings (SSSR count). The summed E-state index contributed by atoms with van der Waals surface area (Å²) in [6.07, 6.45) is 0.696. The van der Waals surface area contributed by atoms with Gasteiger partial charge in [-0.3, -0.25) is 0 Å². The van der Waals surface area contributed by atoms with E-state index in [1.165, 1.54) is 5.56 Å². The van der Waals surface area contributed by atoms with Crippen molar-refractivity contribution in [1.29, 1.82) is 0 Å². The van der Waals surface area contributed by atoms with Crippen LogP contribution >= 0.6 is 0 Å². The van der Waals surface area contributed by atoms with Gasteiger partial charge in [-0.1, -0.05) is 45.0 Å². The summed E-state index contributed by atoms with van der Waals surface area (Å²) in [4.78, 5) is 0. The molecular formula is C14H20O2. The highest BCUT2D eigenvalue weighted by Gasteiger charge is 2.34. The third kappa shape index (κ3) is 2.13. The summed E-state index contributed by atoms with van der Waals surface area (Å²) in [7, 11) is 0. The molecule has 1 saturated heterocycles. The van der Waals surface area contributed by atoms with Gasteiger partial charge in [-0.2, -0.15) is 0 Å². The molecule has 1 aromatic carbocycles. The normalized spacial score (nSPS) is 26.0. The van der Waals surface area contributed by atoms with Crippen LogP contribution in [0.25, 0.3) is 0 Å². The first-order chi connectivity index (χ1) is 7.42. The maximum absolute atomic E-state index is 10.3. The highest BCUT2D eigenvalue weighted by molar-refractivity contribution is 5.31. The van der Waals surface area contributed by atoms with Crippen LogP contribution < -0.4 is 0 Å². The van der Waals surface area contributed by atoms with Gasteiger partial charge in [0, 0.05) is 13.0 Å². The molecule has 1 heterocycles. The molecule has 1 atom stereocenters. The van der Waals surface area contributed by atoms with E-state index < -0.39 is 5.60 Å². The van der Waals surface area contributed by atoms with Gasteiger partial charge >= 0.3 is 0 Å². The first-order valence-corrected chi connectivity index (χ1v) is 5.83. The lowest BCUT2D eigenvalue weighted by Gasteiger charge is -2.23. The maximum atomic E-state index is 10.3. The molecule has 1 aliphatic heterocycles. The van der Waals surface area contributed by atoms with Crippen molar-refractivity contribution in [3.05, 3.63) is 35.4 Å². The fourth-order valence-electron chi connectivity index (χ4n) is 2.06. The lowest BCUT2D eigenvalue weighted by Crippen LogP contribution is -2.25. The highest BCUT2D eigenvalue weighted by Crippen LogP contribution is 2.31. The standard InChI is InChI=1S/C14H20O2/c1-13(2,3)11-4-6-12(7-5-11)14(15)8-9-16-10-14/h4-7,15H,8-10H2,1-3H3. The Morgan fingerprint density at radius 3 is 2.25 bits per heavy atom. The van der Waals surface area contributed by atoms with E-state index in [2.05, 4.69) is 32.9 Å². The average Bonchev–Trinajstić information content (AvgIpc) is 2.66. The Labute approximate surface area is 97.3 Å². The van der Waals surface area contributed by atoms with Crippen LogP contribution in [0.15, 0.2) is 24.3 Å². The number of rotatable bonds is 1. The van der Waals surface area contributed by atoms with Crippen LogP contribution in [0.4, 0.5) is 0 Å². The molecule has 1 N–H and O–H groups in total. The van der Waals surface area contributed by atoms with Gasteiger partial charge in [-0.15, -0.1) is 0 Å². The van der Waals surface area contributed by atoms with Crippen LogP contribution in [0, 0.1) is 0 Å². The minimum Gasteiger partial charge on any atom is -0.383 e. The number of aliphatic hydroxyl groups is 1. The molecule has 0 saturated carbocycles. The fourth-order valence-corrected chi connectivity index (χ4v) is 2.06. The van der Waals surface area contributed by atoms with Crippen molar-refractivity contribution >= 4 is 0 Å². The zero-order valence-corrected chi connectivity index (χ0v) is 10.3. The lowest BCUT2D eigenvalue weighted by molar-refractivity contribution is 0.0232. The van der Waals surface area contributed by atoms with Crippen LogP contribution in [-0.2, 0) is 15.8 Å². The second kappa shape index (κ2) is 3.86. The third-order valence-corrected chi connectivity index (χ3v) is 3.29. The molecule has 0 aliphatic carbocycles. The maximum Gasteiger partial charge on any atom is 0.115 e. The molecule has 1 fully saturated rings. The minimum absolute atomic E-state index is 0.160. The SMILES string of the molecule is CC(C)(C)c1ccc(C2(O)CCOC2)cc1. The van der Waals surface area contributed by atoms with E-state index in [-0.39, 0.29) is 5.41 Å². The van der Waals surface area contributed by atoms with Crippen LogP contribution in [0.3, 0.4) is 0 Å². The molecule has 0 aromatic heterocycles. The van der Waals surface area contributed by atoms with Crippen molar-refractivity contribution in [3.63, 3.8) is 0 Å². The summed E-state index contributed by atoms with van der Waals surface area (Å²) >= 11 is 0. The van der Waals surface area contributed by atoms with Gasteiger partial charge in [-0.25, -0.2) is 0 Å². The molecule has 2 heteroatoms. The number of hydrogen-bond acceptors (Lipinski definition) is 2. The molecule has 16 heavy (non-hydrogen) atoms. The van der Waals surface area contributed by atoms with Gasteiger partial charge in [0.1, 0.15) is 5.60 Å². The van der Waals surface area contributed by atoms with E-state index in [9.17, 15) is 5.11 Å². The van der Waals surface area contributed by atoms with Crippen molar-refractivity contribution in [2.24, 2.45) is 0 Å². The van der Waals surface area contributed by atoms with Gasteiger partial charge in [0.2, 0.25) is 0 Å². The smallest absolute Gasteiger partial charge is 0.115 e. The van der Waals surface area contributed by atoms with Crippen LogP contribution in [0.2, 0.25) is 0 Å². The average molecular weight is 220 g/mol. The summed E-state index contributed by atoms with van der Waals surface area (Å²) in [6.45, 7) is 7.64. The van der Waals surface area contributed by atoms with Crippen molar-refractivity contribution in [1.82, 2.24) is 0 Å². The Morgan fingerprint density at radius 2 is 1.81 bits per heavy atom. The van der Waals surface area contributed by atoms with E-state index in [1.807, 2.05) is 12.1 Å². The molecule has 88 valence electrons. The molecule has 1 aromatic rings. The van der Waals surface area contributed by atoms with Gasteiger partial charge in [0.15, 0.2) is 0 Å². The number of benzene rings is 1. The van der Waals surface area contributed by atoms with Crippen molar-refractivity contribution in [2.45, 2.75) is 38.2 Å². The molecule has 0 radical (unpaired) electrons. The molecule has 2 nitrogen and oxygen atoms in total. The minimum atomic E-state index is -0.767. The van der Waals surface area contributed by atoms with Crippen molar-refractivity contribution in [3.8, 4) is 0 Å².